The Morgan fingerprint density at radius 2 is 0.967 bits per heavy atom. The Labute approximate surface area is 722 Å². The third-order valence-electron chi connectivity index (χ3n) is 19.7. The quantitative estimate of drug-likeness (QED) is 0.0134. The number of carbonyl (C=O) groups excluding carboxylic acids is 17. The van der Waals surface area contributed by atoms with Crippen LogP contribution in [0.4, 0.5) is 0 Å². The molecular formula is C82H118N20O19S2. The van der Waals surface area contributed by atoms with Gasteiger partial charge in [0.1, 0.15) is 78.3 Å². The van der Waals surface area contributed by atoms with Crippen LogP contribution in [0.3, 0.4) is 0 Å². The Hall–Kier alpha value is -11.9. The average Bonchev–Trinajstić information content (AvgIpc) is 1.71. The van der Waals surface area contributed by atoms with Crippen LogP contribution in [0.1, 0.15) is 143 Å². The molecule has 1 heterocycles. The third-order valence-corrected chi connectivity index (χ3v) is 20.2. The maximum Gasteiger partial charge on any atom is 0.246 e. The highest BCUT2D eigenvalue weighted by atomic mass is 32.1. The fourth-order valence-electron chi connectivity index (χ4n) is 13.1. The van der Waals surface area contributed by atoms with Crippen LogP contribution in [0.2, 0.25) is 0 Å². The van der Waals surface area contributed by atoms with Crippen molar-refractivity contribution in [1.82, 2.24) is 74.1 Å². The van der Waals surface area contributed by atoms with Crippen LogP contribution in [0.5, 0.6) is 5.75 Å². The van der Waals surface area contributed by atoms with Crippen molar-refractivity contribution in [2.75, 3.05) is 32.8 Å². The number of benzene rings is 4. The minimum atomic E-state index is -1.99. The van der Waals surface area contributed by atoms with Gasteiger partial charge in [-0.3, -0.25) is 81.5 Å². The number of carbonyl (C=O) groups is 17. The first-order valence-corrected chi connectivity index (χ1v) is 41.0. The fraction of sp³-hybridized carbons (Fsp3) is 0.500. The maximum atomic E-state index is 15.6. The predicted octanol–water partition coefficient (Wildman–Crippen LogP) is -3.33. The first kappa shape index (κ1) is 102. The second-order valence-electron chi connectivity index (χ2n) is 31.3. The first-order valence-electron chi connectivity index (χ1n) is 40.1. The molecule has 27 N–H and O–H groups in total. The van der Waals surface area contributed by atoms with Gasteiger partial charge in [-0.1, -0.05) is 72.8 Å². The summed E-state index contributed by atoms with van der Waals surface area (Å²) in [6.45, 7) is 10.7. The summed E-state index contributed by atoms with van der Waals surface area (Å²) < 4.78 is 2.88. The number of unbranched alkanes of at least 4 members (excludes halogenated alkanes) is 2. The molecule has 0 aliphatic heterocycles. The first-order chi connectivity index (χ1) is 57.8. The van der Waals surface area contributed by atoms with Crippen molar-refractivity contribution >= 4 is 147 Å². The van der Waals surface area contributed by atoms with Crippen LogP contribution in [-0.4, -0.2) is 225 Å². The van der Waals surface area contributed by atoms with Crippen molar-refractivity contribution in [3.8, 4) is 5.75 Å². The number of aromatic amines is 1. The average molecular weight is 1750 g/mol. The van der Waals surface area contributed by atoms with E-state index in [1.165, 1.54) is 41.5 Å². The molecule has 0 spiro atoms. The monoisotopic (exact) mass is 1750 g/mol. The Balaban J connectivity index is 1.57. The Bertz CT molecular complexity index is 4580. The van der Waals surface area contributed by atoms with Gasteiger partial charge in [0.15, 0.2) is 0 Å². The van der Waals surface area contributed by atoms with Crippen molar-refractivity contribution in [3.63, 3.8) is 0 Å². The zero-order valence-electron chi connectivity index (χ0n) is 70.2. The lowest BCUT2D eigenvalue weighted by atomic mass is 9.91. The largest absolute Gasteiger partial charge is 0.492 e. The SMILES string of the molecule is CC(=O)NCCCC[C@H](NC(=O)[C@](C)(CCCCN)NC(=O)[C@H](Cc1ccc2ccccc2c1)NC(=O)[C@H](Cc1ccc(OCCN)cc1)NC(=O)[C@@H](NC(=O)[C@H](CCC(N)=O)NC(=O)[C@H](Cc1c[nH]c2ccccc12)NC(=O)[C@@H](NC(=O)[C@H](CCC(N)=O)NC(=O)[C@@H](NC(C)=O)C(C)(C)S)[C@@H](C)O)C(C)(C)S)C(=O)N[C@@H](CC(N)=O)C(=O)NCC(N)=O. The number of thiol groups is 2. The molecule has 0 radical (unpaired) electrons. The number of aliphatic hydroxyl groups is 1. The predicted molar refractivity (Wildman–Crippen MR) is 462 cm³/mol. The highest BCUT2D eigenvalue weighted by Crippen LogP contribution is 2.25. The number of ether oxygens (including phenoxy) is 1. The summed E-state index contributed by atoms with van der Waals surface area (Å²) >= 11 is 9.20. The third kappa shape index (κ3) is 34.1. The zero-order valence-corrected chi connectivity index (χ0v) is 72.0. The van der Waals surface area contributed by atoms with E-state index in [0.29, 0.717) is 39.8 Å². The van der Waals surface area contributed by atoms with Gasteiger partial charge in [-0.2, -0.15) is 25.3 Å². The van der Waals surface area contributed by atoms with Crippen LogP contribution < -0.4 is 108 Å². The molecular weight excluding hydrogens is 1630 g/mol. The molecule has 672 valence electrons. The molecule has 0 fully saturated rings. The number of fused-ring (bicyclic) bond motifs is 2. The molecule has 1 aromatic heterocycles. The molecule has 5 rings (SSSR count). The lowest BCUT2D eigenvalue weighted by Gasteiger charge is -2.34. The maximum absolute atomic E-state index is 15.6. The van der Waals surface area contributed by atoms with Gasteiger partial charge in [0, 0.05) is 85.6 Å². The molecule has 0 aliphatic carbocycles. The fourth-order valence-corrected chi connectivity index (χ4v) is 13.4. The minimum absolute atomic E-state index is 0.133. The van der Waals surface area contributed by atoms with Crippen molar-refractivity contribution < 1.29 is 91.4 Å². The van der Waals surface area contributed by atoms with Gasteiger partial charge in [-0.25, -0.2) is 0 Å². The van der Waals surface area contributed by atoms with Gasteiger partial charge in [0.05, 0.1) is 19.1 Å². The van der Waals surface area contributed by atoms with Gasteiger partial charge in [0.2, 0.25) is 100 Å². The molecule has 0 unspecified atom stereocenters. The molecule has 0 saturated heterocycles. The van der Waals surface area contributed by atoms with Gasteiger partial charge in [-0.05, 0) is 145 Å². The summed E-state index contributed by atoms with van der Waals surface area (Å²) in [4.78, 5) is 238. The number of amides is 17. The van der Waals surface area contributed by atoms with Crippen molar-refractivity contribution in [2.45, 2.75) is 227 Å². The van der Waals surface area contributed by atoms with Crippen LogP contribution in [0.15, 0.2) is 97.2 Å². The molecule has 0 aliphatic rings. The van der Waals surface area contributed by atoms with Crippen LogP contribution >= 0.6 is 25.3 Å². The summed E-state index contributed by atoms with van der Waals surface area (Å²) in [5.74, 6) is -16.0. The van der Waals surface area contributed by atoms with E-state index in [2.05, 4.69) is 86.7 Å². The van der Waals surface area contributed by atoms with Crippen molar-refractivity contribution in [1.29, 1.82) is 0 Å². The van der Waals surface area contributed by atoms with Crippen LogP contribution in [0, 0.1) is 0 Å². The molecule has 0 saturated carbocycles. The number of aromatic nitrogens is 1. The normalized spacial score (nSPS) is 14.6. The number of H-pyrrole nitrogens is 1. The Morgan fingerprint density at radius 1 is 0.463 bits per heavy atom. The molecule has 0 bridgehead atoms. The molecule has 17 amide bonds. The molecule has 41 heteroatoms. The van der Waals surface area contributed by atoms with Gasteiger partial charge in [-0.15, -0.1) is 0 Å². The van der Waals surface area contributed by atoms with E-state index < -0.39 is 215 Å². The van der Waals surface area contributed by atoms with E-state index in [0.717, 1.165) is 24.6 Å². The van der Waals surface area contributed by atoms with Crippen LogP contribution in [0.25, 0.3) is 21.7 Å². The Kier molecular flexibility index (Phi) is 40.2. The molecule has 39 nitrogen and oxygen atoms in total. The summed E-state index contributed by atoms with van der Waals surface area (Å²) in [7, 11) is 0. The molecule has 123 heavy (non-hydrogen) atoms. The number of hydrogen-bond donors (Lipinski definition) is 23. The summed E-state index contributed by atoms with van der Waals surface area (Å²) in [6.07, 6.45) is -3.40. The number of nitrogens with two attached hydrogens (primary N) is 6. The van der Waals surface area contributed by atoms with Gasteiger partial charge in [0.25, 0.3) is 0 Å². The summed E-state index contributed by atoms with van der Waals surface area (Å²) in [6, 6.07) is 8.90. The summed E-state index contributed by atoms with van der Waals surface area (Å²) in [5, 5.41) is 46.7. The molecule has 5 aromatic rings. The van der Waals surface area contributed by atoms with E-state index in [-0.39, 0.29) is 83.5 Å². The lowest BCUT2D eigenvalue weighted by Crippen LogP contribution is -2.65. The molecule has 12 atom stereocenters. The number of rotatable bonds is 53. The standard InChI is InChI=1S/C82H118N20O19S2/c1-44(103)66(100-71(112)56(28-30-62(85)106)94-77(118)67(80(4,5)122)92-46(3)105)76(117)97-60(40-51-42-90-54-20-12-11-19-53(51)54)74(115)93-57(29-31-63(86)107)72(113)101-68(81(6,7)123)78(119)98-58(38-47-23-26-52(27-24-47)121-36-34-84)73(114)95-59(39-48-22-25-49-17-9-10-18-50(49)37-48)75(116)102-82(8,32-14-15-33-83)79(120)99-55(21-13-16-35-89-45(2)104)70(111)96-61(41-64(87)108)69(110)91-43-65(88)109/h9-12,17-20,22-27,37,42,44,55-61,66-68,90,103,122-123H,13-16,21,28-36,38-41,43,83-84H2,1-8H3,(H2,85,106)(H2,86,107)(H2,87,108)(H2,88,109)(H,89,104)(H,91,110)(H,92,105)(H,93,115)(H,94,118)(H,95,114)(H,96,111)(H,97,117)(H,98,119)(H,99,120)(H,100,112)(H,101,113)(H,102,116)/t44-,55+,56+,57+,58+,59+,60+,61+,66+,67-,68-,82+/m1/s1. The Morgan fingerprint density at radius 3 is 1.54 bits per heavy atom. The topological polar surface area (TPSA) is 648 Å². The van der Waals surface area contributed by atoms with Gasteiger partial charge >= 0.3 is 0 Å². The highest BCUT2D eigenvalue weighted by molar-refractivity contribution is 7.82. The van der Waals surface area contributed by atoms with E-state index in [9.17, 15) is 57.8 Å². The lowest BCUT2D eigenvalue weighted by molar-refractivity contribution is -0.138. The van der Waals surface area contributed by atoms with E-state index >= 15 is 28.8 Å². The number of nitrogens with one attached hydrogen (secondary N) is 14. The van der Waals surface area contributed by atoms with E-state index in [4.69, 9.17) is 51.8 Å². The van der Waals surface area contributed by atoms with E-state index in [1.807, 2.05) is 18.2 Å². The van der Waals surface area contributed by atoms with E-state index in [1.54, 1.807) is 79.0 Å². The summed E-state index contributed by atoms with van der Waals surface area (Å²) in [5.41, 5.74) is 33.4. The number of hydrogen-bond acceptors (Lipinski definition) is 23. The molecule has 4 aromatic carbocycles. The zero-order chi connectivity index (χ0) is 91.6. The second-order valence-corrected chi connectivity index (χ2v) is 33.7. The minimum Gasteiger partial charge on any atom is -0.492 e. The van der Waals surface area contributed by atoms with Crippen LogP contribution in [-0.2, 0) is 101 Å². The van der Waals surface area contributed by atoms with Gasteiger partial charge < -0.3 is 118 Å². The van der Waals surface area contributed by atoms with Crippen molar-refractivity contribution in [2.24, 2.45) is 34.4 Å². The van der Waals surface area contributed by atoms with Crippen molar-refractivity contribution in [3.05, 3.63) is 114 Å². The number of aliphatic hydroxyl groups excluding tert-OH is 1. The number of para-hydroxylation sites is 1. The smallest absolute Gasteiger partial charge is 0.246 e. The highest BCUT2D eigenvalue weighted by Gasteiger charge is 2.44. The second kappa shape index (κ2) is 48.6. The number of primary amides is 4.